The predicted molar refractivity (Wildman–Crippen MR) is 57.3 cm³/mol. The van der Waals surface area contributed by atoms with Gasteiger partial charge >= 0.3 is 0 Å². The van der Waals surface area contributed by atoms with Crippen LogP contribution < -0.4 is 10.5 Å². The van der Waals surface area contributed by atoms with Crippen molar-refractivity contribution in [2.24, 2.45) is 7.05 Å². The van der Waals surface area contributed by atoms with E-state index in [0.29, 0.717) is 25.2 Å². The first kappa shape index (κ1) is 10.4. The fraction of sp³-hybridized carbons (Fsp3) is 0.556. The van der Waals surface area contributed by atoms with Crippen LogP contribution >= 0.6 is 11.6 Å². The van der Waals surface area contributed by atoms with Crippen LogP contribution in [0.5, 0.6) is 0 Å². The maximum atomic E-state index is 11.5. The molecule has 15 heavy (non-hydrogen) atoms. The van der Waals surface area contributed by atoms with Crippen molar-refractivity contribution < 1.29 is 5.11 Å². The Morgan fingerprint density at radius 2 is 2.40 bits per heavy atom. The lowest BCUT2D eigenvalue weighted by Gasteiger charge is -2.18. The summed E-state index contributed by atoms with van der Waals surface area (Å²) in [6.45, 7) is 1.21. The SMILES string of the molecule is Cn1ncc(N2CCC(O)C2)c(Cl)c1=O. The summed E-state index contributed by atoms with van der Waals surface area (Å²) >= 11 is 5.93. The van der Waals surface area contributed by atoms with E-state index in [9.17, 15) is 9.90 Å². The topological polar surface area (TPSA) is 58.4 Å². The van der Waals surface area contributed by atoms with E-state index in [1.54, 1.807) is 13.2 Å². The average molecular weight is 230 g/mol. The fourth-order valence-corrected chi connectivity index (χ4v) is 1.97. The Morgan fingerprint density at radius 1 is 1.67 bits per heavy atom. The first-order valence-corrected chi connectivity index (χ1v) is 5.12. The number of aliphatic hydroxyl groups excluding tert-OH is 1. The smallest absolute Gasteiger partial charge is 0.287 e. The van der Waals surface area contributed by atoms with Crippen LogP contribution in [0.25, 0.3) is 0 Å². The molecule has 6 heteroatoms. The summed E-state index contributed by atoms with van der Waals surface area (Å²) in [4.78, 5) is 13.4. The first-order chi connectivity index (χ1) is 7.09. The zero-order valence-electron chi connectivity index (χ0n) is 8.35. The van der Waals surface area contributed by atoms with Crippen LogP contribution in [0.4, 0.5) is 5.69 Å². The van der Waals surface area contributed by atoms with Gasteiger partial charge in [0.25, 0.3) is 5.56 Å². The highest BCUT2D eigenvalue weighted by atomic mass is 35.5. The Morgan fingerprint density at radius 3 is 3.00 bits per heavy atom. The van der Waals surface area contributed by atoms with Gasteiger partial charge in [0.15, 0.2) is 0 Å². The lowest BCUT2D eigenvalue weighted by atomic mass is 10.3. The lowest BCUT2D eigenvalue weighted by Crippen LogP contribution is -2.27. The van der Waals surface area contributed by atoms with Crippen LogP contribution in [0.15, 0.2) is 11.0 Å². The highest BCUT2D eigenvalue weighted by Gasteiger charge is 2.23. The molecule has 1 N–H and O–H groups in total. The molecule has 2 heterocycles. The Hall–Kier alpha value is -1.07. The van der Waals surface area contributed by atoms with Crippen LogP contribution in [0.3, 0.4) is 0 Å². The Kier molecular flexibility index (Phi) is 2.67. The van der Waals surface area contributed by atoms with Crippen molar-refractivity contribution in [2.75, 3.05) is 18.0 Å². The molecule has 82 valence electrons. The minimum absolute atomic E-state index is 0.168. The van der Waals surface area contributed by atoms with Crippen LogP contribution in [0.2, 0.25) is 5.02 Å². The quantitative estimate of drug-likeness (QED) is 0.737. The highest BCUT2D eigenvalue weighted by molar-refractivity contribution is 6.33. The molecule has 1 saturated heterocycles. The molecule has 1 aliphatic heterocycles. The second-order valence-corrected chi connectivity index (χ2v) is 4.04. The van der Waals surface area contributed by atoms with Crippen molar-refractivity contribution in [2.45, 2.75) is 12.5 Å². The number of nitrogens with zero attached hydrogens (tertiary/aromatic N) is 3. The van der Waals surface area contributed by atoms with E-state index in [1.165, 1.54) is 4.68 Å². The molecule has 5 nitrogen and oxygen atoms in total. The van der Waals surface area contributed by atoms with E-state index in [4.69, 9.17) is 11.6 Å². The van der Waals surface area contributed by atoms with Gasteiger partial charge in [-0.3, -0.25) is 4.79 Å². The number of hydrogen-bond donors (Lipinski definition) is 1. The molecule has 0 aliphatic carbocycles. The zero-order valence-corrected chi connectivity index (χ0v) is 9.11. The van der Waals surface area contributed by atoms with E-state index in [1.807, 2.05) is 4.90 Å². The molecule has 1 aromatic heterocycles. The number of hydrogen-bond acceptors (Lipinski definition) is 4. The van der Waals surface area contributed by atoms with Crippen molar-refractivity contribution in [3.8, 4) is 0 Å². The number of aromatic nitrogens is 2. The van der Waals surface area contributed by atoms with E-state index < -0.39 is 0 Å². The standard InChI is InChI=1S/C9H12ClN3O2/c1-12-9(15)8(10)7(4-11-12)13-3-2-6(14)5-13/h4,6,14H,2-3,5H2,1H3. The number of rotatable bonds is 1. The molecule has 1 unspecified atom stereocenters. The monoisotopic (exact) mass is 229 g/mol. The van der Waals surface area contributed by atoms with Crippen LogP contribution in [0.1, 0.15) is 6.42 Å². The number of halogens is 1. The van der Waals surface area contributed by atoms with E-state index in [-0.39, 0.29) is 16.7 Å². The summed E-state index contributed by atoms with van der Waals surface area (Å²) < 4.78 is 1.19. The molecule has 0 saturated carbocycles. The van der Waals surface area contributed by atoms with Crippen molar-refractivity contribution in [1.82, 2.24) is 9.78 Å². The largest absolute Gasteiger partial charge is 0.391 e. The third-order valence-corrected chi connectivity index (χ3v) is 2.92. The summed E-state index contributed by atoms with van der Waals surface area (Å²) in [6.07, 6.45) is 1.91. The molecular formula is C9H12ClN3O2. The van der Waals surface area contributed by atoms with Crippen LogP contribution in [0, 0.1) is 0 Å². The normalized spacial score (nSPS) is 21.0. The van der Waals surface area contributed by atoms with Gasteiger partial charge in [-0.1, -0.05) is 11.6 Å². The fourth-order valence-electron chi connectivity index (χ4n) is 1.68. The van der Waals surface area contributed by atoms with Crippen molar-refractivity contribution in [3.05, 3.63) is 21.6 Å². The Labute approximate surface area is 91.9 Å². The number of aliphatic hydroxyl groups is 1. The first-order valence-electron chi connectivity index (χ1n) is 4.74. The van der Waals surface area contributed by atoms with E-state index >= 15 is 0 Å². The molecule has 1 aromatic rings. The maximum Gasteiger partial charge on any atom is 0.287 e. The van der Waals surface area contributed by atoms with Gasteiger partial charge in [-0.15, -0.1) is 0 Å². The zero-order chi connectivity index (χ0) is 11.0. The second kappa shape index (κ2) is 3.83. The summed E-state index contributed by atoms with van der Waals surface area (Å²) in [5, 5.41) is 13.5. The maximum absolute atomic E-state index is 11.5. The summed E-state index contributed by atoms with van der Waals surface area (Å²) in [5.74, 6) is 0. The van der Waals surface area contributed by atoms with Crippen LogP contribution in [-0.4, -0.2) is 34.1 Å². The van der Waals surface area contributed by atoms with Crippen molar-refractivity contribution >= 4 is 17.3 Å². The molecule has 1 atom stereocenters. The van der Waals surface area contributed by atoms with Crippen molar-refractivity contribution in [1.29, 1.82) is 0 Å². The van der Waals surface area contributed by atoms with Crippen molar-refractivity contribution in [3.63, 3.8) is 0 Å². The third kappa shape index (κ3) is 1.85. The molecule has 2 rings (SSSR count). The number of anilines is 1. The van der Waals surface area contributed by atoms with Gasteiger partial charge in [0.05, 0.1) is 18.0 Å². The minimum Gasteiger partial charge on any atom is -0.391 e. The van der Waals surface area contributed by atoms with Gasteiger partial charge in [-0.2, -0.15) is 5.10 Å². The Bertz CT molecular complexity index is 432. The summed E-state index contributed by atoms with van der Waals surface area (Å²) in [5.41, 5.74) is 0.298. The Balaban J connectivity index is 2.37. The lowest BCUT2D eigenvalue weighted by molar-refractivity contribution is 0.198. The second-order valence-electron chi connectivity index (χ2n) is 3.66. The number of β-amino-alcohol motifs (C(OH)–C–C–N with tert-alkyl or cyclic N) is 1. The van der Waals surface area contributed by atoms with E-state index in [0.717, 1.165) is 0 Å². The molecule has 1 fully saturated rings. The average Bonchev–Trinajstić information content (AvgIpc) is 2.61. The van der Waals surface area contributed by atoms with Crippen LogP contribution in [-0.2, 0) is 7.05 Å². The molecular weight excluding hydrogens is 218 g/mol. The van der Waals surface area contributed by atoms with Gasteiger partial charge in [0, 0.05) is 20.1 Å². The van der Waals surface area contributed by atoms with Gasteiger partial charge in [-0.05, 0) is 6.42 Å². The summed E-state index contributed by atoms with van der Waals surface area (Å²) in [7, 11) is 1.55. The molecule has 0 amide bonds. The van der Waals surface area contributed by atoms with Gasteiger partial charge < -0.3 is 10.0 Å². The van der Waals surface area contributed by atoms with E-state index in [2.05, 4.69) is 5.10 Å². The minimum atomic E-state index is -0.342. The highest BCUT2D eigenvalue weighted by Crippen LogP contribution is 2.24. The van der Waals surface area contributed by atoms with Gasteiger partial charge in [0.1, 0.15) is 5.02 Å². The van der Waals surface area contributed by atoms with Gasteiger partial charge in [0.2, 0.25) is 0 Å². The molecule has 0 aromatic carbocycles. The molecule has 0 bridgehead atoms. The molecule has 1 aliphatic rings. The third-order valence-electron chi connectivity index (χ3n) is 2.56. The molecule has 0 radical (unpaired) electrons. The van der Waals surface area contributed by atoms with Gasteiger partial charge in [-0.25, -0.2) is 4.68 Å². The number of aryl methyl sites for hydroxylation is 1. The summed E-state index contributed by atoms with van der Waals surface area (Å²) in [6, 6.07) is 0. The molecule has 0 spiro atoms. The predicted octanol–water partition coefficient (Wildman–Crippen LogP) is 0.00470.